The molecular weight excluding hydrogens is 336 g/mol. The van der Waals surface area contributed by atoms with Gasteiger partial charge in [0.2, 0.25) is 10.0 Å². The molecule has 1 aromatic carbocycles. The Morgan fingerprint density at radius 3 is 2.67 bits per heavy atom. The molecule has 1 aromatic heterocycles. The summed E-state index contributed by atoms with van der Waals surface area (Å²) in [5, 5.41) is 11.0. The standard InChI is InChI=1S/C15H18N2O6S/c1-12-3-4-14(17(18)19)9-15(12)24(20,21)16(6-8-22-2)10-13-5-7-23-11-13/h3-5,7,9,11H,6,8,10H2,1-2H3. The minimum absolute atomic E-state index is 0.0868. The van der Waals surface area contributed by atoms with Gasteiger partial charge in [-0.25, -0.2) is 8.42 Å². The fourth-order valence-corrected chi connectivity index (χ4v) is 3.84. The van der Waals surface area contributed by atoms with E-state index in [2.05, 4.69) is 0 Å². The van der Waals surface area contributed by atoms with Crippen molar-refractivity contribution in [3.05, 3.63) is 58.0 Å². The molecule has 0 spiro atoms. The molecule has 0 unspecified atom stereocenters. The van der Waals surface area contributed by atoms with Crippen LogP contribution >= 0.6 is 0 Å². The Morgan fingerprint density at radius 2 is 2.08 bits per heavy atom. The smallest absolute Gasteiger partial charge is 0.270 e. The minimum Gasteiger partial charge on any atom is -0.472 e. The third-order valence-corrected chi connectivity index (χ3v) is 5.47. The third-order valence-electron chi connectivity index (χ3n) is 3.48. The van der Waals surface area contributed by atoms with Crippen molar-refractivity contribution in [2.45, 2.75) is 18.4 Å². The number of ether oxygens (including phenoxy) is 1. The lowest BCUT2D eigenvalue weighted by molar-refractivity contribution is -0.385. The molecule has 0 saturated carbocycles. The molecule has 0 radical (unpaired) electrons. The Bertz CT molecular complexity index is 801. The second-order valence-corrected chi connectivity index (χ2v) is 7.08. The predicted molar refractivity (Wildman–Crippen MR) is 86.0 cm³/mol. The Hall–Kier alpha value is -2.23. The van der Waals surface area contributed by atoms with Crippen molar-refractivity contribution < 1.29 is 22.5 Å². The molecule has 2 aromatic rings. The van der Waals surface area contributed by atoms with Gasteiger partial charge in [-0.05, 0) is 18.6 Å². The van der Waals surface area contributed by atoms with Crippen LogP contribution in [0.15, 0.2) is 46.1 Å². The fourth-order valence-electron chi connectivity index (χ4n) is 2.18. The van der Waals surface area contributed by atoms with Crippen LogP contribution in [-0.2, 0) is 21.3 Å². The van der Waals surface area contributed by atoms with Gasteiger partial charge in [0.15, 0.2) is 0 Å². The first-order valence-corrected chi connectivity index (χ1v) is 8.55. The van der Waals surface area contributed by atoms with Gasteiger partial charge < -0.3 is 9.15 Å². The highest BCUT2D eigenvalue weighted by Crippen LogP contribution is 2.26. The van der Waals surface area contributed by atoms with E-state index in [-0.39, 0.29) is 30.3 Å². The van der Waals surface area contributed by atoms with Crippen molar-refractivity contribution in [3.8, 4) is 0 Å². The predicted octanol–water partition coefficient (Wildman–Crippen LogP) is 2.33. The lowest BCUT2D eigenvalue weighted by Crippen LogP contribution is -2.33. The average Bonchev–Trinajstić information content (AvgIpc) is 3.04. The van der Waals surface area contributed by atoms with Crippen molar-refractivity contribution in [3.63, 3.8) is 0 Å². The zero-order valence-electron chi connectivity index (χ0n) is 13.3. The van der Waals surface area contributed by atoms with Crippen LogP contribution in [0.25, 0.3) is 0 Å². The van der Waals surface area contributed by atoms with Gasteiger partial charge in [0, 0.05) is 37.9 Å². The van der Waals surface area contributed by atoms with E-state index in [0.29, 0.717) is 11.1 Å². The Morgan fingerprint density at radius 1 is 1.33 bits per heavy atom. The SMILES string of the molecule is COCCN(Cc1ccoc1)S(=O)(=O)c1cc([N+](=O)[O-])ccc1C. The van der Waals surface area contributed by atoms with E-state index in [0.717, 1.165) is 6.07 Å². The van der Waals surface area contributed by atoms with Gasteiger partial charge in [0.1, 0.15) is 0 Å². The van der Waals surface area contributed by atoms with Crippen molar-refractivity contribution >= 4 is 15.7 Å². The van der Waals surface area contributed by atoms with Gasteiger partial charge in [0.25, 0.3) is 5.69 Å². The van der Waals surface area contributed by atoms with Crippen molar-refractivity contribution in [2.24, 2.45) is 0 Å². The fraction of sp³-hybridized carbons (Fsp3) is 0.333. The molecule has 0 N–H and O–H groups in total. The van der Waals surface area contributed by atoms with Crippen LogP contribution in [0.2, 0.25) is 0 Å². The average molecular weight is 354 g/mol. The lowest BCUT2D eigenvalue weighted by Gasteiger charge is -2.22. The summed E-state index contributed by atoms with van der Waals surface area (Å²) in [7, 11) is -2.46. The number of rotatable bonds is 8. The van der Waals surface area contributed by atoms with Crippen LogP contribution in [0.5, 0.6) is 0 Å². The molecule has 24 heavy (non-hydrogen) atoms. The molecule has 0 fully saturated rings. The molecule has 9 heteroatoms. The maximum Gasteiger partial charge on any atom is 0.270 e. The van der Waals surface area contributed by atoms with Gasteiger partial charge in [-0.1, -0.05) is 6.07 Å². The molecule has 0 amide bonds. The van der Waals surface area contributed by atoms with Crippen LogP contribution in [0.4, 0.5) is 5.69 Å². The van der Waals surface area contributed by atoms with E-state index in [1.54, 1.807) is 13.0 Å². The van der Waals surface area contributed by atoms with Crippen LogP contribution in [0.3, 0.4) is 0 Å². The summed E-state index contributed by atoms with van der Waals surface area (Å²) >= 11 is 0. The highest BCUT2D eigenvalue weighted by atomic mass is 32.2. The molecule has 130 valence electrons. The molecule has 0 saturated heterocycles. The highest BCUT2D eigenvalue weighted by Gasteiger charge is 2.28. The van der Waals surface area contributed by atoms with Gasteiger partial charge in [-0.15, -0.1) is 0 Å². The number of nitro groups is 1. The molecule has 0 aliphatic heterocycles. The summed E-state index contributed by atoms with van der Waals surface area (Å²) in [5.74, 6) is 0. The second-order valence-electron chi connectivity index (χ2n) is 5.17. The largest absolute Gasteiger partial charge is 0.472 e. The summed E-state index contributed by atoms with van der Waals surface area (Å²) in [5.41, 5.74) is 0.849. The van der Waals surface area contributed by atoms with Crippen LogP contribution in [0, 0.1) is 17.0 Å². The van der Waals surface area contributed by atoms with E-state index >= 15 is 0 Å². The summed E-state index contributed by atoms with van der Waals surface area (Å²) < 4.78 is 37.1. The molecular formula is C15H18N2O6S. The van der Waals surface area contributed by atoms with E-state index in [1.807, 2.05) is 0 Å². The molecule has 0 aliphatic carbocycles. The van der Waals surface area contributed by atoms with Gasteiger partial charge >= 0.3 is 0 Å². The number of benzene rings is 1. The van der Waals surface area contributed by atoms with Gasteiger partial charge in [-0.3, -0.25) is 10.1 Å². The number of hydrogen-bond donors (Lipinski definition) is 0. The summed E-state index contributed by atoms with van der Waals surface area (Å²) in [6.07, 6.45) is 2.91. The van der Waals surface area contributed by atoms with E-state index in [4.69, 9.17) is 9.15 Å². The topological polar surface area (TPSA) is 103 Å². The molecule has 0 aliphatic rings. The molecule has 8 nitrogen and oxygen atoms in total. The van der Waals surface area contributed by atoms with E-state index in [9.17, 15) is 18.5 Å². The molecule has 0 bridgehead atoms. The summed E-state index contributed by atoms with van der Waals surface area (Å²) in [6, 6.07) is 5.46. The van der Waals surface area contributed by atoms with Crippen molar-refractivity contribution in [1.82, 2.24) is 4.31 Å². The normalized spacial score (nSPS) is 11.8. The quantitative estimate of drug-likeness (QED) is 0.532. The van der Waals surface area contributed by atoms with E-state index in [1.165, 1.54) is 36.1 Å². The molecule has 2 rings (SSSR count). The lowest BCUT2D eigenvalue weighted by atomic mass is 10.2. The first-order valence-electron chi connectivity index (χ1n) is 7.11. The monoisotopic (exact) mass is 354 g/mol. The van der Waals surface area contributed by atoms with Crippen LogP contribution in [-0.4, -0.2) is 37.9 Å². The zero-order chi connectivity index (χ0) is 17.7. The number of nitrogens with zero attached hydrogens (tertiary/aromatic N) is 2. The first-order chi connectivity index (χ1) is 11.4. The number of furan rings is 1. The Kier molecular flexibility index (Phi) is 5.71. The summed E-state index contributed by atoms with van der Waals surface area (Å²) in [4.78, 5) is 10.3. The van der Waals surface area contributed by atoms with Gasteiger partial charge in [-0.2, -0.15) is 4.31 Å². The van der Waals surface area contributed by atoms with E-state index < -0.39 is 14.9 Å². The van der Waals surface area contributed by atoms with Crippen LogP contribution in [0.1, 0.15) is 11.1 Å². The highest BCUT2D eigenvalue weighted by molar-refractivity contribution is 7.89. The number of hydrogen-bond acceptors (Lipinski definition) is 6. The molecule has 0 atom stereocenters. The number of sulfonamides is 1. The summed E-state index contributed by atoms with van der Waals surface area (Å²) in [6.45, 7) is 2.00. The maximum absolute atomic E-state index is 13.0. The van der Waals surface area contributed by atoms with Gasteiger partial charge in [0.05, 0.1) is 29.0 Å². The maximum atomic E-state index is 13.0. The number of aryl methyl sites for hydroxylation is 1. The number of nitro benzene ring substituents is 1. The zero-order valence-corrected chi connectivity index (χ0v) is 14.2. The van der Waals surface area contributed by atoms with Crippen LogP contribution < -0.4 is 0 Å². The molecule has 1 heterocycles. The third kappa shape index (κ3) is 3.99. The van der Waals surface area contributed by atoms with Crippen molar-refractivity contribution in [1.29, 1.82) is 0 Å². The first kappa shape index (κ1) is 18.1. The Balaban J connectivity index is 2.43. The second kappa shape index (κ2) is 7.56. The Labute approximate surface area is 139 Å². The number of methoxy groups -OCH3 is 1. The number of non-ortho nitro benzene ring substituents is 1. The van der Waals surface area contributed by atoms with Crippen molar-refractivity contribution in [2.75, 3.05) is 20.3 Å². The minimum atomic E-state index is -3.93.